The molecule has 1 fully saturated rings. The summed E-state index contributed by atoms with van der Waals surface area (Å²) in [5.41, 5.74) is 0. The number of esters is 1. The van der Waals surface area contributed by atoms with Crippen molar-refractivity contribution in [2.24, 2.45) is 29.6 Å². The van der Waals surface area contributed by atoms with Gasteiger partial charge in [0, 0.05) is 13.6 Å². The first kappa shape index (κ1) is 15.5. The Morgan fingerprint density at radius 3 is 2.38 bits per heavy atom. The fourth-order valence-electron chi connectivity index (χ4n) is 3.53. The lowest BCUT2D eigenvalue weighted by molar-refractivity contribution is -0.152. The average molecular weight is 295 g/mol. The number of aliphatic carboxylic acids is 1. The van der Waals surface area contributed by atoms with Crippen LogP contribution in [0.2, 0.25) is 0 Å². The van der Waals surface area contributed by atoms with E-state index in [-0.39, 0.29) is 30.3 Å². The van der Waals surface area contributed by atoms with Crippen molar-refractivity contribution in [1.29, 1.82) is 0 Å². The van der Waals surface area contributed by atoms with Crippen molar-refractivity contribution in [1.82, 2.24) is 4.90 Å². The van der Waals surface area contributed by atoms with Gasteiger partial charge in [0.2, 0.25) is 5.91 Å². The number of hydrogen-bond donors (Lipinski definition) is 1. The first-order chi connectivity index (χ1) is 9.86. The molecular formula is C15H21NO5. The van der Waals surface area contributed by atoms with E-state index in [9.17, 15) is 19.5 Å². The minimum atomic E-state index is -0.917. The first-order valence-corrected chi connectivity index (χ1v) is 7.10. The number of hydrogen-bond acceptors (Lipinski definition) is 4. The lowest BCUT2D eigenvalue weighted by atomic mass is 9.82. The number of carboxylic acids is 1. The maximum absolute atomic E-state index is 12.6. The number of nitrogens with zero attached hydrogens (tertiary/aromatic N) is 1. The smallest absolute Gasteiger partial charge is 0.310 e. The molecule has 5 atom stereocenters. The van der Waals surface area contributed by atoms with Crippen LogP contribution < -0.4 is 0 Å². The van der Waals surface area contributed by atoms with Crippen molar-refractivity contribution in [3.8, 4) is 0 Å². The van der Waals surface area contributed by atoms with E-state index in [4.69, 9.17) is 0 Å². The lowest BCUT2D eigenvalue weighted by Crippen LogP contribution is -2.43. The van der Waals surface area contributed by atoms with E-state index >= 15 is 0 Å². The van der Waals surface area contributed by atoms with Gasteiger partial charge < -0.3 is 14.7 Å². The zero-order valence-corrected chi connectivity index (χ0v) is 12.5. The van der Waals surface area contributed by atoms with Gasteiger partial charge in [-0.1, -0.05) is 19.1 Å². The van der Waals surface area contributed by atoms with E-state index in [2.05, 4.69) is 4.74 Å². The molecule has 0 aromatic carbocycles. The molecule has 5 unspecified atom stereocenters. The van der Waals surface area contributed by atoms with Crippen LogP contribution >= 0.6 is 0 Å². The Morgan fingerprint density at radius 2 is 1.86 bits per heavy atom. The molecular weight excluding hydrogens is 274 g/mol. The zero-order valence-electron chi connectivity index (χ0n) is 12.5. The SMILES string of the molecule is COC(=O)C(C)CN(C)C(=O)C1C2C=CC(C2)C1C(=O)O. The summed E-state index contributed by atoms with van der Waals surface area (Å²) in [7, 11) is 2.91. The minimum Gasteiger partial charge on any atom is -0.481 e. The van der Waals surface area contributed by atoms with Crippen LogP contribution in [-0.4, -0.2) is 48.6 Å². The highest BCUT2D eigenvalue weighted by Crippen LogP contribution is 2.48. The number of amides is 1. The van der Waals surface area contributed by atoms with Crippen molar-refractivity contribution < 1.29 is 24.2 Å². The molecule has 0 saturated heterocycles. The van der Waals surface area contributed by atoms with Gasteiger partial charge in [-0.2, -0.15) is 0 Å². The van der Waals surface area contributed by atoms with Gasteiger partial charge in [-0.05, 0) is 18.3 Å². The van der Waals surface area contributed by atoms with Crippen molar-refractivity contribution >= 4 is 17.8 Å². The molecule has 2 aliphatic rings. The van der Waals surface area contributed by atoms with E-state index in [1.165, 1.54) is 12.0 Å². The molecule has 6 heteroatoms. The van der Waals surface area contributed by atoms with Gasteiger partial charge in [0.15, 0.2) is 0 Å². The lowest BCUT2D eigenvalue weighted by Gasteiger charge is -2.29. The Kier molecular flexibility index (Phi) is 4.34. The Bertz CT molecular complexity index is 486. The summed E-state index contributed by atoms with van der Waals surface area (Å²) in [5, 5.41) is 9.37. The molecule has 0 spiro atoms. The Morgan fingerprint density at radius 1 is 1.29 bits per heavy atom. The Balaban J connectivity index is 2.07. The molecule has 0 radical (unpaired) electrons. The van der Waals surface area contributed by atoms with Gasteiger partial charge in [0.1, 0.15) is 0 Å². The summed E-state index contributed by atoms with van der Waals surface area (Å²) in [6, 6.07) is 0. The molecule has 0 aromatic heterocycles. The van der Waals surface area contributed by atoms with Crippen molar-refractivity contribution in [2.45, 2.75) is 13.3 Å². The number of fused-ring (bicyclic) bond motifs is 2. The van der Waals surface area contributed by atoms with Gasteiger partial charge in [-0.25, -0.2) is 0 Å². The standard InChI is InChI=1S/C15H21NO5/c1-8(15(20)21-3)7-16(2)13(17)11-9-4-5-10(6-9)12(11)14(18)19/h4-5,8-12H,6-7H2,1-3H3,(H,18,19). The Labute approximate surface area is 123 Å². The maximum atomic E-state index is 12.6. The highest BCUT2D eigenvalue weighted by Gasteiger charge is 2.52. The highest BCUT2D eigenvalue weighted by atomic mass is 16.5. The molecule has 116 valence electrons. The fourth-order valence-corrected chi connectivity index (χ4v) is 3.53. The molecule has 0 aromatic rings. The molecule has 1 N–H and O–H groups in total. The molecule has 2 rings (SSSR count). The van der Waals surface area contributed by atoms with Gasteiger partial charge in [0.25, 0.3) is 0 Å². The summed E-state index contributed by atoms with van der Waals surface area (Å²) in [5.74, 6) is -3.14. The van der Waals surface area contributed by atoms with Gasteiger partial charge in [-0.3, -0.25) is 14.4 Å². The van der Waals surface area contributed by atoms with E-state index in [1.807, 2.05) is 12.2 Å². The largest absolute Gasteiger partial charge is 0.481 e. The topological polar surface area (TPSA) is 83.9 Å². The minimum absolute atomic E-state index is 0.000479. The first-order valence-electron chi connectivity index (χ1n) is 7.10. The number of allylic oxidation sites excluding steroid dienone is 2. The van der Waals surface area contributed by atoms with Crippen molar-refractivity contribution in [2.75, 3.05) is 20.7 Å². The molecule has 1 amide bonds. The predicted molar refractivity (Wildman–Crippen MR) is 74.2 cm³/mol. The van der Waals surface area contributed by atoms with E-state index in [1.54, 1.807) is 14.0 Å². The van der Waals surface area contributed by atoms with E-state index < -0.39 is 23.7 Å². The van der Waals surface area contributed by atoms with Crippen LogP contribution in [0.5, 0.6) is 0 Å². The monoisotopic (exact) mass is 295 g/mol. The predicted octanol–water partition coefficient (Wildman–Crippen LogP) is 0.777. The van der Waals surface area contributed by atoms with Crippen LogP contribution in [0.1, 0.15) is 13.3 Å². The van der Waals surface area contributed by atoms with Gasteiger partial charge in [-0.15, -0.1) is 0 Å². The summed E-state index contributed by atoms with van der Waals surface area (Å²) >= 11 is 0. The molecule has 1 saturated carbocycles. The summed E-state index contributed by atoms with van der Waals surface area (Å²) in [4.78, 5) is 36.9. The van der Waals surface area contributed by atoms with Crippen molar-refractivity contribution in [3.05, 3.63) is 12.2 Å². The zero-order chi connectivity index (χ0) is 15.7. The third-order valence-electron chi connectivity index (χ3n) is 4.56. The molecule has 6 nitrogen and oxygen atoms in total. The molecule has 0 heterocycles. The average Bonchev–Trinajstić information content (AvgIpc) is 3.05. The molecule has 21 heavy (non-hydrogen) atoms. The third kappa shape index (κ3) is 2.80. The van der Waals surface area contributed by atoms with E-state index in [0.29, 0.717) is 0 Å². The van der Waals surface area contributed by atoms with Crippen LogP contribution in [0.25, 0.3) is 0 Å². The number of rotatable bonds is 5. The van der Waals surface area contributed by atoms with Crippen LogP contribution in [0.15, 0.2) is 12.2 Å². The molecule has 2 bridgehead atoms. The van der Waals surface area contributed by atoms with E-state index in [0.717, 1.165) is 6.42 Å². The summed E-state index contributed by atoms with van der Waals surface area (Å²) in [6.07, 6.45) is 4.59. The van der Waals surface area contributed by atoms with Gasteiger partial charge in [0.05, 0.1) is 24.9 Å². The summed E-state index contributed by atoms with van der Waals surface area (Å²) in [6.45, 7) is 1.92. The number of methoxy groups -OCH3 is 1. The third-order valence-corrected chi connectivity index (χ3v) is 4.56. The molecule has 0 aliphatic heterocycles. The van der Waals surface area contributed by atoms with Crippen LogP contribution in [0.3, 0.4) is 0 Å². The van der Waals surface area contributed by atoms with Crippen LogP contribution in [0, 0.1) is 29.6 Å². The number of carbonyl (C=O) groups is 3. The second-order valence-corrected chi connectivity index (χ2v) is 5.98. The van der Waals surface area contributed by atoms with Gasteiger partial charge >= 0.3 is 11.9 Å². The number of carboxylic acid groups (broad SMARTS) is 1. The quantitative estimate of drug-likeness (QED) is 0.598. The highest BCUT2D eigenvalue weighted by molar-refractivity contribution is 5.87. The van der Waals surface area contributed by atoms with Crippen LogP contribution in [-0.2, 0) is 19.1 Å². The number of ether oxygens (including phenoxy) is 1. The summed E-state index contributed by atoms with van der Waals surface area (Å²) < 4.78 is 4.64. The second-order valence-electron chi connectivity index (χ2n) is 5.98. The normalized spacial score (nSPS) is 31.0. The van der Waals surface area contributed by atoms with Crippen molar-refractivity contribution in [3.63, 3.8) is 0 Å². The number of carbonyl (C=O) groups excluding carboxylic acids is 2. The fraction of sp³-hybridized carbons (Fsp3) is 0.667. The maximum Gasteiger partial charge on any atom is 0.310 e. The second kappa shape index (κ2) is 5.87. The molecule has 2 aliphatic carbocycles. The Hall–Kier alpha value is -1.85. The van der Waals surface area contributed by atoms with Crippen LogP contribution in [0.4, 0.5) is 0 Å².